The predicted molar refractivity (Wildman–Crippen MR) is 88.7 cm³/mol. The molecule has 0 aliphatic carbocycles. The first-order chi connectivity index (χ1) is 11.1. The SMILES string of the molecule is COc1ccc(OC)c(NC(=O)c2cc3cc(Cl)ccc3o2)c1. The molecule has 0 fully saturated rings. The highest BCUT2D eigenvalue weighted by molar-refractivity contribution is 6.31. The molecular weight excluding hydrogens is 318 g/mol. The van der Waals surface area contributed by atoms with E-state index in [0.717, 1.165) is 5.39 Å². The summed E-state index contributed by atoms with van der Waals surface area (Å²) in [6, 6.07) is 12.0. The van der Waals surface area contributed by atoms with E-state index in [1.165, 1.54) is 7.11 Å². The number of fused-ring (bicyclic) bond motifs is 1. The van der Waals surface area contributed by atoms with Gasteiger partial charge in [0, 0.05) is 16.5 Å². The van der Waals surface area contributed by atoms with Crippen LogP contribution in [0.15, 0.2) is 46.9 Å². The molecule has 5 nitrogen and oxygen atoms in total. The Labute approximate surface area is 137 Å². The summed E-state index contributed by atoms with van der Waals surface area (Å²) in [6.07, 6.45) is 0. The summed E-state index contributed by atoms with van der Waals surface area (Å²) in [6.45, 7) is 0. The Morgan fingerprint density at radius 1 is 1.09 bits per heavy atom. The quantitative estimate of drug-likeness (QED) is 0.771. The molecule has 0 atom stereocenters. The second-order valence-corrected chi connectivity index (χ2v) is 5.25. The van der Waals surface area contributed by atoms with Gasteiger partial charge in [-0.3, -0.25) is 4.79 Å². The van der Waals surface area contributed by atoms with Crippen molar-refractivity contribution in [2.24, 2.45) is 0 Å². The van der Waals surface area contributed by atoms with Crippen LogP contribution in [0.2, 0.25) is 5.02 Å². The lowest BCUT2D eigenvalue weighted by Crippen LogP contribution is -2.11. The number of benzene rings is 2. The van der Waals surface area contributed by atoms with Crippen molar-refractivity contribution in [1.82, 2.24) is 0 Å². The van der Waals surface area contributed by atoms with Crippen LogP contribution >= 0.6 is 11.6 Å². The number of carbonyl (C=O) groups excluding carboxylic acids is 1. The van der Waals surface area contributed by atoms with Crippen molar-refractivity contribution < 1.29 is 18.7 Å². The highest BCUT2D eigenvalue weighted by Gasteiger charge is 2.15. The standard InChI is InChI=1S/C17H14ClNO4/c1-21-12-4-6-15(22-2)13(9-12)19-17(20)16-8-10-7-11(18)3-5-14(10)23-16/h3-9H,1-2H3,(H,19,20). The van der Waals surface area contributed by atoms with E-state index in [2.05, 4.69) is 5.32 Å². The Kier molecular flexibility index (Phi) is 4.12. The third-order valence-electron chi connectivity index (χ3n) is 3.36. The molecule has 0 spiro atoms. The zero-order chi connectivity index (χ0) is 16.4. The van der Waals surface area contributed by atoms with Crippen LogP contribution < -0.4 is 14.8 Å². The lowest BCUT2D eigenvalue weighted by atomic mass is 10.2. The smallest absolute Gasteiger partial charge is 0.291 e. The fraction of sp³-hybridized carbons (Fsp3) is 0.118. The van der Waals surface area contributed by atoms with Crippen LogP contribution in [0.4, 0.5) is 5.69 Å². The second-order valence-electron chi connectivity index (χ2n) is 4.81. The van der Waals surface area contributed by atoms with Gasteiger partial charge in [-0.15, -0.1) is 0 Å². The van der Waals surface area contributed by atoms with Crippen LogP contribution in [-0.2, 0) is 0 Å². The van der Waals surface area contributed by atoms with Crippen molar-refractivity contribution in [3.8, 4) is 11.5 Å². The minimum Gasteiger partial charge on any atom is -0.497 e. The van der Waals surface area contributed by atoms with Crippen molar-refractivity contribution >= 4 is 34.2 Å². The molecule has 2 aromatic carbocycles. The summed E-state index contributed by atoms with van der Waals surface area (Å²) in [5.74, 6) is 0.937. The predicted octanol–water partition coefficient (Wildman–Crippen LogP) is 4.36. The Morgan fingerprint density at radius 3 is 2.65 bits per heavy atom. The number of hydrogen-bond acceptors (Lipinski definition) is 4. The van der Waals surface area contributed by atoms with Gasteiger partial charge in [-0.05, 0) is 36.4 Å². The van der Waals surface area contributed by atoms with Gasteiger partial charge >= 0.3 is 0 Å². The first-order valence-electron chi connectivity index (χ1n) is 6.83. The maximum absolute atomic E-state index is 12.4. The van der Waals surface area contributed by atoms with Gasteiger partial charge in [-0.1, -0.05) is 11.6 Å². The van der Waals surface area contributed by atoms with Crippen LogP contribution in [0, 0.1) is 0 Å². The van der Waals surface area contributed by atoms with Crippen molar-refractivity contribution in [1.29, 1.82) is 0 Å². The number of amides is 1. The molecule has 0 radical (unpaired) electrons. The number of furan rings is 1. The third-order valence-corrected chi connectivity index (χ3v) is 3.59. The number of methoxy groups -OCH3 is 2. The summed E-state index contributed by atoms with van der Waals surface area (Å²) in [5, 5.41) is 4.10. The van der Waals surface area contributed by atoms with Crippen molar-refractivity contribution in [3.05, 3.63) is 53.2 Å². The van der Waals surface area contributed by atoms with Gasteiger partial charge in [0.25, 0.3) is 5.91 Å². The molecule has 1 N–H and O–H groups in total. The number of nitrogens with one attached hydrogen (secondary N) is 1. The largest absolute Gasteiger partial charge is 0.497 e. The summed E-state index contributed by atoms with van der Waals surface area (Å²) in [7, 11) is 3.08. The highest BCUT2D eigenvalue weighted by atomic mass is 35.5. The summed E-state index contributed by atoms with van der Waals surface area (Å²) in [4.78, 5) is 12.4. The van der Waals surface area contributed by atoms with Gasteiger partial charge < -0.3 is 19.2 Å². The molecule has 23 heavy (non-hydrogen) atoms. The van der Waals surface area contributed by atoms with E-state index in [4.69, 9.17) is 25.5 Å². The zero-order valence-corrected chi connectivity index (χ0v) is 13.3. The van der Waals surface area contributed by atoms with E-state index >= 15 is 0 Å². The van der Waals surface area contributed by atoms with Crippen molar-refractivity contribution in [2.75, 3.05) is 19.5 Å². The maximum atomic E-state index is 12.4. The Bertz CT molecular complexity index is 872. The number of rotatable bonds is 4. The average molecular weight is 332 g/mol. The number of halogens is 1. The molecule has 0 aliphatic heterocycles. The molecule has 1 amide bonds. The minimum atomic E-state index is -0.385. The van der Waals surface area contributed by atoms with E-state index in [1.807, 2.05) is 0 Å². The van der Waals surface area contributed by atoms with E-state index in [9.17, 15) is 4.79 Å². The van der Waals surface area contributed by atoms with Gasteiger partial charge in [0.15, 0.2) is 5.76 Å². The monoisotopic (exact) mass is 331 g/mol. The molecular formula is C17H14ClNO4. The average Bonchev–Trinajstić information content (AvgIpc) is 2.98. The molecule has 0 bridgehead atoms. The van der Waals surface area contributed by atoms with Gasteiger partial charge in [-0.25, -0.2) is 0 Å². The summed E-state index contributed by atoms with van der Waals surface area (Å²) in [5.41, 5.74) is 1.09. The van der Waals surface area contributed by atoms with Crippen LogP contribution in [0.1, 0.15) is 10.6 Å². The van der Waals surface area contributed by atoms with Crippen LogP contribution in [0.5, 0.6) is 11.5 Å². The van der Waals surface area contributed by atoms with Crippen LogP contribution in [0.25, 0.3) is 11.0 Å². The first-order valence-corrected chi connectivity index (χ1v) is 7.21. The third kappa shape index (κ3) is 3.10. The number of anilines is 1. The van der Waals surface area contributed by atoms with E-state index in [0.29, 0.717) is 27.8 Å². The molecule has 118 valence electrons. The molecule has 0 saturated heterocycles. The molecule has 3 aromatic rings. The summed E-state index contributed by atoms with van der Waals surface area (Å²) < 4.78 is 15.9. The van der Waals surface area contributed by atoms with Gasteiger partial charge in [0.05, 0.1) is 19.9 Å². The molecule has 6 heteroatoms. The van der Waals surface area contributed by atoms with Crippen molar-refractivity contribution in [3.63, 3.8) is 0 Å². The van der Waals surface area contributed by atoms with Crippen LogP contribution in [0.3, 0.4) is 0 Å². The highest BCUT2D eigenvalue weighted by Crippen LogP contribution is 2.30. The Balaban J connectivity index is 1.91. The number of hydrogen-bond donors (Lipinski definition) is 1. The van der Waals surface area contributed by atoms with E-state index < -0.39 is 0 Å². The topological polar surface area (TPSA) is 60.7 Å². The maximum Gasteiger partial charge on any atom is 0.291 e. The fourth-order valence-electron chi connectivity index (χ4n) is 2.22. The first kappa shape index (κ1) is 15.2. The molecule has 0 saturated carbocycles. The van der Waals surface area contributed by atoms with E-state index in [-0.39, 0.29) is 11.7 Å². The molecule has 1 heterocycles. The molecule has 1 aromatic heterocycles. The van der Waals surface area contributed by atoms with E-state index in [1.54, 1.807) is 49.6 Å². The second kappa shape index (κ2) is 6.22. The van der Waals surface area contributed by atoms with Gasteiger partial charge in [0.2, 0.25) is 0 Å². The lowest BCUT2D eigenvalue weighted by molar-refractivity contribution is 0.0998. The number of ether oxygens (including phenoxy) is 2. The molecule has 3 rings (SSSR count). The Morgan fingerprint density at radius 2 is 1.91 bits per heavy atom. The lowest BCUT2D eigenvalue weighted by Gasteiger charge is -2.10. The molecule has 0 aliphatic rings. The zero-order valence-electron chi connectivity index (χ0n) is 12.6. The summed E-state index contributed by atoms with van der Waals surface area (Å²) >= 11 is 5.94. The number of carbonyl (C=O) groups is 1. The minimum absolute atomic E-state index is 0.187. The Hall–Kier alpha value is -2.66. The van der Waals surface area contributed by atoms with Gasteiger partial charge in [-0.2, -0.15) is 0 Å². The normalized spacial score (nSPS) is 10.6. The van der Waals surface area contributed by atoms with Gasteiger partial charge in [0.1, 0.15) is 17.1 Å². The molecule has 0 unspecified atom stereocenters. The fourth-order valence-corrected chi connectivity index (χ4v) is 2.40. The van der Waals surface area contributed by atoms with Crippen LogP contribution in [-0.4, -0.2) is 20.1 Å². The van der Waals surface area contributed by atoms with Crippen molar-refractivity contribution in [2.45, 2.75) is 0 Å².